The number of benzene rings is 1. The highest BCUT2D eigenvalue weighted by atomic mass is 32.2. The number of hydrogen-bond acceptors (Lipinski definition) is 5. The van der Waals surface area contributed by atoms with Crippen LogP contribution in [-0.4, -0.2) is 80.5 Å². The molecule has 1 N–H and O–H groups in total. The third-order valence-corrected chi connectivity index (χ3v) is 8.33. The summed E-state index contributed by atoms with van der Waals surface area (Å²) in [4.78, 5) is 14.5. The smallest absolute Gasteiger partial charge is 0.322 e. The first kappa shape index (κ1) is 19.6. The van der Waals surface area contributed by atoms with E-state index in [0.29, 0.717) is 26.1 Å². The van der Waals surface area contributed by atoms with Gasteiger partial charge in [0.05, 0.1) is 19.3 Å². The number of amides is 2. The molecular formula is C19H27N3O5S. The van der Waals surface area contributed by atoms with Gasteiger partial charge in [-0.1, -0.05) is 19.1 Å². The van der Waals surface area contributed by atoms with E-state index in [1.54, 1.807) is 12.0 Å². The van der Waals surface area contributed by atoms with Crippen molar-refractivity contribution >= 4 is 21.7 Å². The molecule has 2 amide bonds. The highest BCUT2D eigenvalue weighted by Gasteiger charge is 2.65. The number of sulfonamides is 1. The monoisotopic (exact) mass is 409 g/mol. The van der Waals surface area contributed by atoms with Crippen molar-refractivity contribution in [3.05, 3.63) is 29.8 Å². The fourth-order valence-corrected chi connectivity index (χ4v) is 6.82. The van der Waals surface area contributed by atoms with Crippen LogP contribution in [0.2, 0.25) is 0 Å². The van der Waals surface area contributed by atoms with E-state index < -0.39 is 20.9 Å². The van der Waals surface area contributed by atoms with Crippen LogP contribution in [0.1, 0.15) is 18.9 Å². The second-order valence-corrected chi connectivity index (χ2v) is 9.88. The molecule has 28 heavy (non-hydrogen) atoms. The van der Waals surface area contributed by atoms with Crippen molar-refractivity contribution in [3.8, 4) is 0 Å². The molecule has 2 bridgehead atoms. The minimum Gasteiger partial charge on any atom is -0.383 e. The second kappa shape index (κ2) is 7.29. The number of fused-ring (bicyclic) bond motifs is 1. The van der Waals surface area contributed by atoms with Crippen LogP contribution < -0.4 is 5.32 Å². The van der Waals surface area contributed by atoms with Gasteiger partial charge in [-0.15, -0.1) is 0 Å². The lowest BCUT2D eigenvalue weighted by Gasteiger charge is -2.39. The number of hydrogen-bond donors (Lipinski definition) is 1. The molecule has 3 heterocycles. The van der Waals surface area contributed by atoms with Crippen LogP contribution >= 0.6 is 0 Å². The number of nitrogens with zero attached hydrogens (tertiary/aromatic N) is 2. The lowest BCUT2D eigenvalue weighted by atomic mass is 9.99. The molecule has 0 saturated carbocycles. The van der Waals surface area contributed by atoms with Crippen molar-refractivity contribution in [2.75, 3.05) is 45.2 Å². The predicted octanol–water partition coefficient (Wildman–Crippen LogP) is 1.28. The SMILES string of the molecule is CCc1ccc(NC(=O)N2C[C@H]3C[C@H]4[C@](C2)(CN(CCOC)S4(=O)=O)O3)cc1. The largest absolute Gasteiger partial charge is 0.383 e. The first-order chi connectivity index (χ1) is 13.4. The third kappa shape index (κ3) is 3.30. The zero-order valence-corrected chi connectivity index (χ0v) is 17.1. The van der Waals surface area contributed by atoms with Crippen molar-refractivity contribution < 1.29 is 22.7 Å². The molecule has 0 radical (unpaired) electrons. The van der Waals surface area contributed by atoms with E-state index in [-0.39, 0.29) is 25.2 Å². The van der Waals surface area contributed by atoms with Crippen molar-refractivity contribution in [1.82, 2.24) is 9.21 Å². The number of carbonyl (C=O) groups excluding carboxylic acids is 1. The Morgan fingerprint density at radius 1 is 1.32 bits per heavy atom. The van der Waals surface area contributed by atoms with Crippen LogP contribution in [-0.2, 0) is 25.9 Å². The summed E-state index contributed by atoms with van der Waals surface area (Å²) < 4.78 is 38.5. The number of likely N-dealkylation sites (tertiary alicyclic amines) is 1. The summed E-state index contributed by atoms with van der Waals surface area (Å²) in [5, 5.41) is 2.33. The van der Waals surface area contributed by atoms with Gasteiger partial charge in [-0.3, -0.25) is 0 Å². The zero-order valence-electron chi connectivity index (χ0n) is 16.3. The average molecular weight is 410 g/mol. The van der Waals surface area contributed by atoms with Gasteiger partial charge in [0.1, 0.15) is 10.9 Å². The number of ether oxygens (including phenoxy) is 2. The number of nitrogens with one attached hydrogen (secondary N) is 1. The van der Waals surface area contributed by atoms with Gasteiger partial charge in [-0.25, -0.2) is 13.2 Å². The molecule has 4 rings (SSSR count). The van der Waals surface area contributed by atoms with Crippen LogP contribution in [0.15, 0.2) is 24.3 Å². The molecule has 1 aromatic carbocycles. The van der Waals surface area contributed by atoms with E-state index >= 15 is 0 Å². The molecule has 3 atom stereocenters. The normalized spacial score (nSPS) is 31.0. The first-order valence-corrected chi connectivity index (χ1v) is 11.2. The fourth-order valence-electron chi connectivity index (χ4n) is 4.52. The number of carbonyl (C=O) groups is 1. The Hall–Kier alpha value is -1.68. The Balaban J connectivity index is 1.48. The van der Waals surface area contributed by atoms with Crippen LogP contribution in [0, 0.1) is 0 Å². The molecule has 0 aliphatic carbocycles. The Bertz CT molecular complexity index is 844. The van der Waals surface area contributed by atoms with Crippen molar-refractivity contribution in [2.45, 2.75) is 36.7 Å². The highest BCUT2D eigenvalue weighted by Crippen LogP contribution is 2.46. The van der Waals surface area contributed by atoms with Gasteiger partial charge in [-0.2, -0.15) is 4.31 Å². The van der Waals surface area contributed by atoms with Crippen LogP contribution in [0.5, 0.6) is 0 Å². The number of methoxy groups -OCH3 is 1. The van der Waals surface area contributed by atoms with Gasteiger partial charge in [0, 0.05) is 32.4 Å². The van der Waals surface area contributed by atoms with Gasteiger partial charge in [0.15, 0.2) is 0 Å². The molecule has 0 unspecified atom stereocenters. The Morgan fingerprint density at radius 3 is 2.75 bits per heavy atom. The molecule has 154 valence electrons. The quantitative estimate of drug-likeness (QED) is 0.792. The van der Waals surface area contributed by atoms with Gasteiger partial charge in [0.25, 0.3) is 0 Å². The number of anilines is 1. The third-order valence-electron chi connectivity index (χ3n) is 5.96. The van der Waals surface area contributed by atoms with Gasteiger partial charge in [-0.05, 0) is 30.5 Å². The summed E-state index contributed by atoms with van der Waals surface area (Å²) >= 11 is 0. The molecule has 1 spiro atoms. The fraction of sp³-hybridized carbons (Fsp3) is 0.632. The maximum absolute atomic E-state index is 12.9. The Labute approximate surface area is 165 Å². The van der Waals surface area contributed by atoms with E-state index in [4.69, 9.17) is 9.47 Å². The van der Waals surface area contributed by atoms with Gasteiger partial charge < -0.3 is 19.7 Å². The second-order valence-electron chi connectivity index (χ2n) is 7.76. The van der Waals surface area contributed by atoms with Crippen LogP contribution in [0.25, 0.3) is 0 Å². The lowest BCUT2D eigenvalue weighted by molar-refractivity contribution is -0.0947. The molecule has 3 saturated heterocycles. The van der Waals surface area contributed by atoms with E-state index in [1.807, 2.05) is 24.3 Å². The standard InChI is InChI=1S/C19H27N3O5S/c1-3-14-4-6-15(7-5-14)20-18(23)21-11-16-10-17-19(12-21,27-16)13-22(8-9-26-2)28(17,24)25/h4-7,16-17H,3,8-13H2,1-2H3,(H,20,23)/t16-,17+,19+/m1/s1. The van der Waals surface area contributed by atoms with E-state index in [2.05, 4.69) is 12.2 Å². The summed E-state index contributed by atoms with van der Waals surface area (Å²) in [5.74, 6) is 0. The predicted molar refractivity (Wildman–Crippen MR) is 105 cm³/mol. The summed E-state index contributed by atoms with van der Waals surface area (Å²) in [6, 6.07) is 7.54. The van der Waals surface area contributed by atoms with E-state index in [0.717, 1.165) is 12.1 Å². The van der Waals surface area contributed by atoms with Gasteiger partial charge >= 0.3 is 6.03 Å². The molecule has 3 fully saturated rings. The zero-order chi connectivity index (χ0) is 19.9. The van der Waals surface area contributed by atoms with Crippen LogP contribution in [0.3, 0.4) is 0 Å². The minimum absolute atomic E-state index is 0.217. The molecule has 9 heteroatoms. The van der Waals surface area contributed by atoms with Crippen LogP contribution in [0.4, 0.5) is 10.5 Å². The summed E-state index contributed by atoms with van der Waals surface area (Å²) in [7, 11) is -1.90. The lowest BCUT2D eigenvalue weighted by Crippen LogP contribution is -2.57. The highest BCUT2D eigenvalue weighted by molar-refractivity contribution is 7.90. The Kier molecular flexibility index (Phi) is 5.11. The van der Waals surface area contributed by atoms with Crippen molar-refractivity contribution in [1.29, 1.82) is 0 Å². The van der Waals surface area contributed by atoms with E-state index in [9.17, 15) is 13.2 Å². The minimum atomic E-state index is -3.45. The maximum Gasteiger partial charge on any atom is 0.322 e. The topological polar surface area (TPSA) is 88.2 Å². The molecule has 0 aromatic heterocycles. The summed E-state index contributed by atoms with van der Waals surface area (Å²) in [6.07, 6.45) is 1.13. The number of urea groups is 1. The first-order valence-electron chi connectivity index (χ1n) is 9.68. The summed E-state index contributed by atoms with van der Waals surface area (Å²) in [6.45, 7) is 3.68. The Morgan fingerprint density at radius 2 is 2.07 bits per heavy atom. The number of aryl methyl sites for hydroxylation is 1. The molecular weight excluding hydrogens is 382 g/mol. The maximum atomic E-state index is 12.9. The average Bonchev–Trinajstić information content (AvgIpc) is 3.05. The number of rotatable bonds is 5. The summed E-state index contributed by atoms with van der Waals surface area (Å²) in [5.41, 5.74) is 1.09. The number of morpholine rings is 1. The van der Waals surface area contributed by atoms with Gasteiger partial charge in [0.2, 0.25) is 10.0 Å². The molecule has 8 nitrogen and oxygen atoms in total. The molecule has 3 aliphatic rings. The molecule has 1 aromatic rings. The molecule has 3 aliphatic heterocycles. The van der Waals surface area contributed by atoms with E-state index in [1.165, 1.54) is 9.87 Å². The van der Waals surface area contributed by atoms with Crippen molar-refractivity contribution in [2.24, 2.45) is 0 Å². The van der Waals surface area contributed by atoms with Crippen molar-refractivity contribution in [3.63, 3.8) is 0 Å².